The molecule has 108 valence electrons. The van der Waals surface area contributed by atoms with Crippen molar-refractivity contribution in [3.8, 4) is 5.75 Å². The van der Waals surface area contributed by atoms with Crippen molar-refractivity contribution < 1.29 is 14.2 Å². The van der Waals surface area contributed by atoms with Crippen LogP contribution in [0.4, 0.5) is 0 Å². The lowest BCUT2D eigenvalue weighted by atomic mass is 10.2. The van der Waals surface area contributed by atoms with E-state index in [2.05, 4.69) is 5.32 Å². The van der Waals surface area contributed by atoms with Crippen LogP contribution < -0.4 is 10.1 Å². The van der Waals surface area contributed by atoms with Gasteiger partial charge in [-0.3, -0.25) is 0 Å². The Hall–Kier alpha value is -0.810. The predicted molar refractivity (Wildman–Crippen MR) is 77.0 cm³/mol. The second-order valence-electron chi connectivity index (χ2n) is 4.12. The first-order chi connectivity index (χ1) is 9.27. The van der Waals surface area contributed by atoms with Crippen molar-refractivity contribution in [1.29, 1.82) is 0 Å². The van der Waals surface area contributed by atoms with Gasteiger partial charge in [-0.25, -0.2) is 0 Å². The van der Waals surface area contributed by atoms with Crippen molar-refractivity contribution >= 4 is 11.6 Å². The third kappa shape index (κ3) is 6.78. The van der Waals surface area contributed by atoms with Gasteiger partial charge in [0.2, 0.25) is 0 Å². The maximum absolute atomic E-state index is 6.01. The highest BCUT2D eigenvalue weighted by molar-refractivity contribution is 6.30. The first-order valence-electron chi connectivity index (χ1n) is 6.37. The number of methoxy groups -OCH3 is 2. The Kier molecular flexibility index (Phi) is 8.58. The van der Waals surface area contributed by atoms with E-state index in [1.54, 1.807) is 14.2 Å². The van der Waals surface area contributed by atoms with Gasteiger partial charge in [-0.1, -0.05) is 11.6 Å². The van der Waals surface area contributed by atoms with E-state index < -0.39 is 0 Å². The first kappa shape index (κ1) is 16.2. The van der Waals surface area contributed by atoms with Crippen LogP contribution in [0, 0.1) is 0 Å². The van der Waals surface area contributed by atoms with Gasteiger partial charge in [0.05, 0.1) is 13.2 Å². The van der Waals surface area contributed by atoms with Gasteiger partial charge in [-0.15, -0.1) is 0 Å². The monoisotopic (exact) mass is 287 g/mol. The smallest absolute Gasteiger partial charge is 0.123 e. The molecule has 0 bridgehead atoms. The summed E-state index contributed by atoms with van der Waals surface area (Å²) in [6, 6.07) is 5.67. The zero-order valence-electron chi connectivity index (χ0n) is 11.6. The molecule has 0 amide bonds. The Balaban J connectivity index is 2.48. The molecule has 1 aromatic carbocycles. The van der Waals surface area contributed by atoms with E-state index in [0.29, 0.717) is 31.4 Å². The minimum absolute atomic E-state index is 0.639. The average molecular weight is 288 g/mol. The summed E-state index contributed by atoms with van der Waals surface area (Å²) in [7, 11) is 3.37. The molecule has 0 aromatic heterocycles. The molecule has 0 saturated heterocycles. The largest absolute Gasteiger partial charge is 0.493 e. The second kappa shape index (κ2) is 10.0. The summed E-state index contributed by atoms with van der Waals surface area (Å²) >= 11 is 6.01. The van der Waals surface area contributed by atoms with Crippen molar-refractivity contribution in [2.24, 2.45) is 0 Å². The first-order valence-corrected chi connectivity index (χ1v) is 6.75. The Morgan fingerprint density at radius 1 is 1.11 bits per heavy atom. The van der Waals surface area contributed by atoms with E-state index in [0.717, 1.165) is 24.3 Å². The summed E-state index contributed by atoms with van der Waals surface area (Å²) in [5.41, 5.74) is 1.06. The van der Waals surface area contributed by atoms with E-state index in [-0.39, 0.29) is 0 Å². The average Bonchev–Trinajstić information content (AvgIpc) is 2.41. The number of rotatable bonds is 10. The molecule has 0 heterocycles. The van der Waals surface area contributed by atoms with Crippen LogP contribution in [0.15, 0.2) is 18.2 Å². The summed E-state index contributed by atoms with van der Waals surface area (Å²) in [6.45, 7) is 3.54. The Bertz CT molecular complexity index is 361. The van der Waals surface area contributed by atoms with Crippen LogP contribution in [-0.4, -0.2) is 40.6 Å². The van der Waals surface area contributed by atoms with E-state index in [1.807, 2.05) is 18.2 Å². The minimum atomic E-state index is 0.639. The lowest BCUT2D eigenvalue weighted by Crippen LogP contribution is -2.19. The molecule has 19 heavy (non-hydrogen) atoms. The van der Waals surface area contributed by atoms with Crippen LogP contribution in [0.25, 0.3) is 0 Å². The third-order valence-electron chi connectivity index (χ3n) is 2.57. The summed E-state index contributed by atoms with van der Waals surface area (Å²) in [5.74, 6) is 0.866. The van der Waals surface area contributed by atoms with Gasteiger partial charge in [0.1, 0.15) is 5.75 Å². The normalized spacial score (nSPS) is 10.7. The topological polar surface area (TPSA) is 39.7 Å². The highest BCUT2D eigenvalue weighted by Crippen LogP contribution is 2.23. The molecular weight excluding hydrogens is 266 g/mol. The van der Waals surface area contributed by atoms with Crippen LogP contribution in [0.5, 0.6) is 5.75 Å². The van der Waals surface area contributed by atoms with Gasteiger partial charge < -0.3 is 19.5 Å². The predicted octanol–water partition coefficient (Wildman–Crippen LogP) is 2.49. The molecule has 0 radical (unpaired) electrons. The fourth-order valence-electron chi connectivity index (χ4n) is 1.61. The van der Waals surface area contributed by atoms with Crippen molar-refractivity contribution in [1.82, 2.24) is 5.32 Å². The number of nitrogens with one attached hydrogen (secondary N) is 1. The second-order valence-corrected chi connectivity index (χ2v) is 4.55. The van der Waals surface area contributed by atoms with Crippen LogP contribution in [0.2, 0.25) is 5.02 Å². The number of halogens is 1. The SMILES string of the molecule is COCCCOc1ccc(Cl)cc1CNCCOC. The van der Waals surface area contributed by atoms with Crippen molar-refractivity contribution in [2.75, 3.05) is 40.6 Å². The van der Waals surface area contributed by atoms with E-state index in [4.69, 9.17) is 25.8 Å². The summed E-state index contributed by atoms with van der Waals surface area (Å²) in [6.07, 6.45) is 0.871. The number of ether oxygens (including phenoxy) is 3. The zero-order chi connectivity index (χ0) is 13.9. The molecule has 0 aliphatic carbocycles. The molecule has 0 spiro atoms. The Morgan fingerprint density at radius 2 is 1.89 bits per heavy atom. The van der Waals surface area contributed by atoms with Gasteiger partial charge in [0.15, 0.2) is 0 Å². The molecular formula is C14H22ClNO3. The van der Waals surface area contributed by atoms with E-state index >= 15 is 0 Å². The van der Waals surface area contributed by atoms with Crippen molar-refractivity contribution in [2.45, 2.75) is 13.0 Å². The third-order valence-corrected chi connectivity index (χ3v) is 2.81. The molecule has 0 saturated carbocycles. The maximum Gasteiger partial charge on any atom is 0.123 e. The summed E-state index contributed by atoms with van der Waals surface area (Å²) in [4.78, 5) is 0. The highest BCUT2D eigenvalue weighted by Gasteiger charge is 2.04. The maximum atomic E-state index is 6.01. The summed E-state index contributed by atoms with van der Waals surface area (Å²) in [5, 5.41) is 4.00. The van der Waals surface area contributed by atoms with Crippen LogP contribution >= 0.6 is 11.6 Å². The van der Waals surface area contributed by atoms with Gasteiger partial charge in [-0.2, -0.15) is 0 Å². The molecule has 1 rings (SSSR count). The molecule has 4 nitrogen and oxygen atoms in total. The quantitative estimate of drug-likeness (QED) is 0.671. The van der Waals surface area contributed by atoms with Crippen molar-refractivity contribution in [3.63, 3.8) is 0 Å². The molecule has 1 N–H and O–H groups in total. The van der Waals surface area contributed by atoms with Gasteiger partial charge in [0.25, 0.3) is 0 Å². The lowest BCUT2D eigenvalue weighted by Gasteiger charge is -2.12. The van der Waals surface area contributed by atoms with Gasteiger partial charge in [0, 0.05) is 50.9 Å². The van der Waals surface area contributed by atoms with E-state index in [9.17, 15) is 0 Å². The molecule has 0 unspecified atom stereocenters. The van der Waals surface area contributed by atoms with Gasteiger partial charge >= 0.3 is 0 Å². The molecule has 0 aliphatic rings. The summed E-state index contributed by atoms with van der Waals surface area (Å²) < 4.78 is 15.7. The molecule has 0 aliphatic heterocycles. The zero-order valence-corrected chi connectivity index (χ0v) is 12.3. The van der Waals surface area contributed by atoms with Crippen LogP contribution in [-0.2, 0) is 16.0 Å². The fourth-order valence-corrected chi connectivity index (χ4v) is 1.80. The fraction of sp³-hybridized carbons (Fsp3) is 0.571. The molecule has 1 aromatic rings. The number of benzene rings is 1. The Labute approximate surface area is 120 Å². The Morgan fingerprint density at radius 3 is 2.63 bits per heavy atom. The highest BCUT2D eigenvalue weighted by atomic mass is 35.5. The molecule has 0 fully saturated rings. The van der Waals surface area contributed by atoms with Crippen LogP contribution in [0.3, 0.4) is 0 Å². The van der Waals surface area contributed by atoms with Crippen molar-refractivity contribution in [3.05, 3.63) is 28.8 Å². The lowest BCUT2D eigenvalue weighted by molar-refractivity contribution is 0.171. The molecule has 0 atom stereocenters. The number of hydrogen-bond donors (Lipinski definition) is 1. The van der Waals surface area contributed by atoms with Gasteiger partial charge in [-0.05, 0) is 18.2 Å². The molecule has 5 heteroatoms. The van der Waals surface area contributed by atoms with Crippen LogP contribution in [0.1, 0.15) is 12.0 Å². The standard InChI is InChI=1S/C14H22ClNO3/c1-17-7-3-8-19-14-5-4-13(15)10-12(14)11-16-6-9-18-2/h4-5,10,16H,3,6-9,11H2,1-2H3. The minimum Gasteiger partial charge on any atom is -0.493 e. The van der Waals surface area contributed by atoms with E-state index in [1.165, 1.54) is 0 Å². The number of hydrogen-bond acceptors (Lipinski definition) is 4.